The summed E-state index contributed by atoms with van der Waals surface area (Å²) in [5, 5.41) is 0.454. The Bertz CT molecular complexity index is 557. The van der Waals surface area contributed by atoms with Crippen molar-refractivity contribution in [2.45, 2.75) is 26.2 Å². The first-order valence-electron chi connectivity index (χ1n) is 5.42. The fraction of sp³-hybridized carbons (Fsp3) is 0.308. The van der Waals surface area contributed by atoms with E-state index in [0.717, 1.165) is 12.8 Å². The van der Waals surface area contributed by atoms with Gasteiger partial charge in [0.25, 0.3) is 0 Å². The molecular formula is C13H13FO2. The lowest BCUT2D eigenvalue weighted by Crippen LogP contribution is -2.08. The number of aryl methyl sites for hydroxylation is 1. The van der Waals surface area contributed by atoms with Crippen LogP contribution in [0.15, 0.2) is 33.7 Å². The second-order valence-corrected chi connectivity index (χ2v) is 3.83. The number of benzene rings is 1. The fourth-order valence-electron chi connectivity index (χ4n) is 1.68. The molecule has 2 nitrogen and oxygen atoms in total. The van der Waals surface area contributed by atoms with Crippen LogP contribution in [0, 0.1) is 5.82 Å². The number of fused-ring (bicyclic) bond motifs is 1. The molecule has 3 heteroatoms. The molecule has 0 spiro atoms. The number of hydrogen-bond donors (Lipinski definition) is 0. The van der Waals surface area contributed by atoms with Crippen LogP contribution >= 0.6 is 0 Å². The van der Waals surface area contributed by atoms with Gasteiger partial charge in [0.15, 0.2) is 5.43 Å². The third-order valence-corrected chi connectivity index (χ3v) is 2.61. The van der Waals surface area contributed by atoms with E-state index >= 15 is 0 Å². The molecular weight excluding hydrogens is 207 g/mol. The molecule has 0 radical (unpaired) electrons. The van der Waals surface area contributed by atoms with Gasteiger partial charge in [0.05, 0.1) is 11.6 Å². The van der Waals surface area contributed by atoms with Gasteiger partial charge < -0.3 is 4.42 Å². The molecule has 0 N–H and O–H groups in total. The molecule has 2 rings (SSSR count). The number of unbranched alkanes of at least 4 members (excludes halogenated alkanes) is 1. The molecule has 0 unspecified atom stereocenters. The van der Waals surface area contributed by atoms with E-state index in [-0.39, 0.29) is 5.43 Å². The van der Waals surface area contributed by atoms with Gasteiger partial charge in [-0.05, 0) is 25.0 Å². The average molecular weight is 220 g/mol. The maximum atomic E-state index is 12.9. The van der Waals surface area contributed by atoms with Gasteiger partial charge in [-0.1, -0.05) is 13.3 Å². The van der Waals surface area contributed by atoms with Crippen molar-refractivity contribution in [3.8, 4) is 0 Å². The Kier molecular flexibility index (Phi) is 3.04. The summed E-state index contributed by atoms with van der Waals surface area (Å²) in [5.41, 5.74) is 0.931. The minimum atomic E-state index is -0.392. The summed E-state index contributed by atoms with van der Waals surface area (Å²) >= 11 is 0. The lowest BCUT2D eigenvalue weighted by atomic mass is 10.1. The van der Waals surface area contributed by atoms with Crippen molar-refractivity contribution in [3.63, 3.8) is 0 Å². The lowest BCUT2D eigenvalue weighted by Gasteiger charge is -2.01. The highest BCUT2D eigenvalue weighted by Crippen LogP contribution is 2.13. The van der Waals surface area contributed by atoms with Gasteiger partial charge in [-0.25, -0.2) is 4.39 Å². The van der Waals surface area contributed by atoms with Crippen molar-refractivity contribution in [1.29, 1.82) is 0 Å². The van der Waals surface area contributed by atoms with Crippen LogP contribution in [0.2, 0.25) is 0 Å². The van der Waals surface area contributed by atoms with E-state index in [1.54, 1.807) is 0 Å². The van der Waals surface area contributed by atoms with Crippen molar-refractivity contribution >= 4 is 11.0 Å². The molecule has 2 aromatic rings. The van der Waals surface area contributed by atoms with Crippen molar-refractivity contribution < 1.29 is 8.81 Å². The maximum absolute atomic E-state index is 12.9. The molecule has 0 bridgehead atoms. The molecule has 84 valence electrons. The van der Waals surface area contributed by atoms with Crippen LogP contribution in [0.3, 0.4) is 0 Å². The van der Waals surface area contributed by atoms with Crippen molar-refractivity contribution in [2.75, 3.05) is 0 Å². The Morgan fingerprint density at radius 2 is 2.19 bits per heavy atom. The topological polar surface area (TPSA) is 30.2 Å². The minimum Gasteiger partial charge on any atom is -0.464 e. The van der Waals surface area contributed by atoms with E-state index in [1.807, 2.05) is 0 Å². The van der Waals surface area contributed by atoms with E-state index in [9.17, 15) is 9.18 Å². The van der Waals surface area contributed by atoms with Gasteiger partial charge in [-0.15, -0.1) is 0 Å². The smallest absolute Gasteiger partial charge is 0.195 e. The predicted molar refractivity (Wildman–Crippen MR) is 61.1 cm³/mol. The highest BCUT2D eigenvalue weighted by Gasteiger charge is 2.07. The van der Waals surface area contributed by atoms with Crippen LogP contribution in [0.1, 0.15) is 25.3 Å². The largest absolute Gasteiger partial charge is 0.464 e. The summed E-state index contributed by atoms with van der Waals surface area (Å²) in [7, 11) is 0. The standard InChI is InChI=1S/C13H13FO2/c1-2-3-4-9-8-16-12-7-10(14)5-6-11(12)13(9)15/h5-8H,2-4H2,1H3. The van der Waals surface area contributed by atoms with Gasteiger partial charge in [0, 0.05) is 11.6 Å². The first-order chi connectivity index (χ1) is 7.72. The average Bonchev–Trinajstić information content (AvgIpc) is 2.28. The molecule has 0 aliphatic heterocycles. The predicted octanol–water partition coefficient (Wildman–Crippen LogP) is 3.27. The Labute approximate surface area is 92.7 Å². The molecule has 1 aromatic heterocycles. The molecule has 16 heavy (non-hydrogen) atoms. The van der Waals surface area contributed by atoms with Gasteiger partial charge in [0.1, 0.15) is 11.4 Å². The third-order valence-electron chi connectivity index (χ3n) is 2.61. The summed E-state index contributed by atoms with van der Waals surface area (Å²) in [6.07, 6.45) is 4.14. The Hall–Kier alpha value is -1.64. The van der Waals surface area contributed by atoms with Gasteiger partial charge >= 0.3 is 0 Å². The Balaban J connectivity index is 2.53. The summed E-state index contributed by atoms with van der Waals surface area (Å²) in [4.78, 5) is 12.0. The maximum Gasteiger partial charge on any atom is 0.195 e. The van der Waals surface area contributed by atoms with E-state index in [0.29, 0.717) is 23.0 Å². The quantitative estimate of drug-likeness (QED) is 0.794. The summed E-state index contributed by atoms with van der Waals surface area (Å²) < 4.78 is 18.2. The van der Waals surface area contributed by atoms with E-state index in [1.165, 1.54) is 24.5 Å². The van der Waals surface area contributed by atoms with Crippen LogP contribution in [-0.2, 0) is 6.42 Å². The molecule has 0 aliphatic carbocycles. The Morgan fingerprint density at radius 1 is 1.38 bits per heavy atom. The molecule has 0 saturated carbocycles. The first-order valence-corrected chi connectivity index (χ1v) is 5.42. The van der Waals surface area contributed by atoms with Crippen molar-refractivity contribution in [2.24, 2.45) is 0 Å². The van der Waals surface area contributed by atoms with Crippen molar-refractivity contribution in [3.05, 3.63) is 46.1 Å². The van der Waals surface area contributed by atoms with Crippen LogP contribution < -0.4 is 5.43 Å². The van der Waals surface area contributed by atoms with Gasteiger partial charge in [-0.2, -0.15) is 0 Å². The zero-order valence-electron chi connectivity index (χ0n) is 9.13. The second-order valence-electron chi connectivity index (χ2n) is 3.83. The lowest BCUT2D eigenvalue weighted by molar-refractivity contribution is 0.578. The highest BCUT2D eigenvalue weighted by atomic mass is 19.1. The zero-order valence-corrected chi connectivity index (χ0v) is 9.13. The molecule has 0 atom stereocenters. The second kappa shape index (κ2) is 4.47. The normalized spacial score (nSPS) is 10.9. The van der Waals surface area contributed by atoms with Crippen LogP contribution in [0.25, 0.3) is 11.0 Å². The number of hydrogen-bond acceptors (Lipinski definition) is 2. The third kappa shape index (κ3) is 1.98. The van der Waals surface area contributed by atoms with Gasteiger partial charge in [-0.3, -0.25) is 4.79 Å². The van der Waals surface area contributed by atoms with Crippen LogP contribution in [0.4, 0.5) is 4.39 Å². The van der Waals surface area contributed by atoms with Crippen LogP contribution in [0.5, 0.6) is 0 Å². The molecule has 0 fully saturated rings. The highest BCUT2D eigenvalue weighted by molar-refractivity contribution is 5.76. The number of rotatable bonds is 3. The van der Waals surface area contributed by atoms with E-state index in [2.05, 4.69) is 6.92 Å². The molecule has 0 aliphatic rings. The van der Waals surface area contributed by atoms with Crippen molar-refractivity contribution in [1.82, 2.24) is 0 Å². The van der Waals surface area contributed by atoms with E-state index < -0.39 is 5.82 Å². The summed E-state index contributed by atoms with van der Waals surface area (Å²) in [5.74, 6) is -0.392. The minimum absolute atomic E-state index is 0.0466. The number of halogens is 1. The SMILES string of the molecule is CCCCc1coc2cc(F)ccc2c1=O. The molecule has 0 amide bonds. The summed E-state index contributed by atoms with van der Waals surface area (Å²) in [6.45, 7) is 2.07. The molecule has 1 heterocycles. The Morgan fingerprint density at radius 3 is 2.94 bits per heavy atom. The van der Waals surface area contributed by atoms with Crippen LogP contribution in [-0.4, -0.2) is 0 Å². The molecule has 0 saturated heterocycles. The fourth-order valence-corrected chi connectivity index (χ4v) is 1.68. The first kappa shape index (κ1) is 10.9. The zero-order chi connectivity index (χ0) is 11.5. The van der Waals surface area contributed by atoms with E-state index in [4.69, 9.17) is 4.42 Å². The molecule has 1 aromatic carbocycles. The summed E-state index contributed by atoms with van der Waals surface area (Å²) in [6, 6.07) is 4.00. The van der Waals surface area contributed by atoms with Gasteiger partial charge in [0.2, 0.25) is 0 Å². The monoisotopic (exact) mass is 220 g/mol.